The van der Waals surface area contributed by atoms with Gasteiger partial charge in [0.2, 0.25) is 26.5 Å². The molecule has 8 nitrogen and oxygen atoms in total. The summed E-state index contributed by atoms with van der Waals surface area (Å²) < 4.78 is 28.6. The number of piperidine rings is 1. The average molecular weight is 471 g/mol. The molecule has 1 aliphatic heterocycles. The summed E-state index contributed by atoms with van der Waals surface area (Å²) in [4.78, 5) is 29.0. The summed E-state index contributed by atoms with van der Waals surface area (Å²) in [5.74, 6) is -0.767. The SMILES string of the molecule is CC(=O)N=c1sc(C(=O)c2ccc(S(=O)(=O)N3CCCCC3)cc2)nn1-c1ccccc1. The predicted octanol–water partition coefficient (Wildman–Crippen LogP) is 2.79. The first kappa shape index (κ1) is 22.3. The molecule has 4 rings (SSSR count). The molecule has 2 aromatic carbocycles. The summed E-state index contributed by atoms with van der Waals surface area (Å²) in [6.45, 7) is 2.37. The van der Waals surface area contributed by atoms with Crippen LogP contribution in [0.4, 0.5) is 0 Å². The number of hydrogen-bond acceptors (Lipinski definition) is 6. The fourth-order valence-electron chi connectivity index (χ4n) is 3.47. The molecule has 0 unspecified atom stereocenters. The van der Waals surface area contributed by atoms with Gasteiger partial charge in [-0.05, 0) is 49.2 Å². The van der Waals surface area contributed by atoms with E-state index < -0.39 is 15.9 Å². The van der Waals surface area contributed by atoms with E-state index in [9.17, 15) is 18.0 Å². The third-order valence-corrected chi connectivity index (χ3v) is 7.90. The zero-order chi connectivity index (χ0) is 22.7. The summed E-state index contributed by atoms with van der Waals surface area (Å²) in [5.41, 5.74) is 0.983. The lowest BCUT2D eigenvalue weighted by molar-refractivity contribution is -0.116. The molecule has 1 saturated heterocycles. The first-order valence-corrected chi connectivity index (χ1v) is 12.5. The molecule has 10 heteroatoms. The Morgan fingerprint density at radius 1 is 0.969 bits per heavy atom. The highest BCUT2D eigenvalue weighted by Crippen LogP contribution is 2.22. The number of sulfonamides is 1. The van der Waals surface area contributed by atoms with Crippen LogP contribution < -0.4 is 4.80 Å². The van der Waals surface area contributed by atoms with Crippen LogP contribution in [0.25, 0.3) is 5.69 Å². The second-order valence-electron chi connectivity index (χ2n) is 7.39. The van der Waals surface area contributed by atoms with Crippen LogP contribution in [0.5, 0.6) is 0 Å². The zero-order valence-electron chi connectivity index (χ0n) is 17.5. The molecule has 0 N–H and O–H groups in total. The van der Waals surface area contributed by atoms with Crippen LogP contribution >= 0.6 is 11.3 Å². The maximum Gasteiger partial charge on any atom is 0.245 e. The van der Waals surface area contributed by atoms with E-state index >= 15 is 0 Å². The summed E-state index contributed by atoms with van der Waals surface area (Å²) in [6.07, 6.45) is 2.75. The number of carbonyl (C=O) groups excluding carboxylic acids is 2. The molecule has 0 spiro atoms. The summed E-state index contributed by atoms with van der Waals surface area (Å²) in [5, 5.41) is 4.52. The molecule has 1 fully saturated rings. The van der Waals surface area contributed by atoms with Crippen LogP contribution in [0, 0.1) is 0 Å². The number of rotatable bonds is 5. The lowest BCUT2D eigenvalue weighted by Crippen LogP contribution is -2.35. The number of ketones is 1. The highest BCUT2D eigenvalue weighted by atomic mass is 32.2. The first-order chi connectivity index (χ1) is 15.4. The van der Waals surface area contributed by atoms with Gasteiger partial charge in [0.1, 0.15) is 0 Å². The van der Waals surface area contributed by atoms with Crippen LogP contribution in [0.3, 0.4) is 0 Å². The normalized spacial score (nSPS) is 15.6. The monoisotopic (exact) mass is 470 g/mol. The van der Waals surface area contributed by atoms with E-state index in [-0.39, 0.29) is 20.5 Å². The maximum atomic E-state index is 13.0. The molecule has 0 atom stereocenters. The fraction of sp³-hybridized carbons (Fsp3) is 0.273. The number of benzene rings is 2. The van der Waals surface area contributed by atoms with Gasteiger partial charge in [0, 0.05) is 25.6 Å². The second-order valence-corrected chi connectivity index (χ2v) is 10.3. The van der Waals surface area contributed by atoms with Crippen LogP contribution in [-0.4, -0.2) is 47.3 Å². The van der Waals surface area contributed by atoms with Crippen LogP contribution in [-0.2, 0) is 14.8 Å². The van der Waals surface area contributed by atoms with Crippen LogP contribution in [0.15, 0.2) is 64.5 Å². The van der Waals surface area contributed by atoms with E-state index in [1.165, 1.54) is 40.2 Å². The molecular weight excluding hydrogens is 448 g/mol. The van der Waals surface area contributed by atoms with E-state index in [0.29, 0.717) is 24.3 Å². The molecule has 0 bridgehead atoms. The Hall–Kier alpha value is -2.95. The molecular formula is C22H22N4O4S2. The smallest absolute Gasteiger partial charge is 0.245 e. The third-order valence-electron chi connectivity index (χ3n) is 5.08. The summed E-state index contributed by atoms with van der Waals surface area (Å²) >= 11 is 1.01. The number of aromatic nitrogens is 2. The standard InChI is InChI=1S/C22H22N4O4S2/c1-16(27)23-22-26(18-8-4-2-5-9-18)24-21(31-22)20(28)17-10-12-19(13-11-17)32(29,30)25-14-6-3-7-15-25/h2,4-5,8-13H,3,6-7,14-15H2,1H3. The Morgan fingerprint density at radius 2 is 1.62 bits per heavy atom. The van der Waals surface area contributed by atoms with Gasteiger partial charge in [-0.3, -0.25) is 9.59 Å². The van der Waals surface area contributed by atoms with Crippen molar-refractivity contribution in [2.75, 3.05) is 13.1 Å². The van der Waals surface area contributed by atoms with Crippen molar-refractivity contribution in [1.82, 2.24) is 14.1 Å². The topological polar surface area (TPSA) is 102 Å². The number of nitrogens with zero attached hydrogens (tertiary/aromatic N) is 4. The van der Waals surface area contributed by atoms with Gasteiger partial charge in [-0.2, -0.15) is 14.4 Å². The van der Waals surface area contributed by atoms with Crippen molar-refractivity contribution in [2.45, 2.75) is 31.1 Å². The molecule has 2 heterocycles. The fourth-order valence-corrected chi connectivity index (χ4v) is 5.90. The molecule has 166 valence electrons. The van der Waals surface area contributed by atoms with Crippen molar-refractivity contribution >= 4 is 33.1 Å². The molecule has 0 radical (unpaired) electrons. The average Bonchev–Trinajstić information content (AvgIpc) is 3.23. The maximum absolute atomic E-state index is 13.0. The Balaban J connectivity index is 1.65. The van der Waals surface area contributed by atoms with E-state index in [2.05, 4.69) is 10.1 Å². The Morgan fingerprint density at radius 3 is 2.25 bits per heavy atom. The summed E-state index contributed by atoms with van der Waals surface area (Å²) in [6, 6.07) is 15.0. The molecule has 3 aromatic rings. The quantitative estimate of drug-likeness (QED) is 0.534. The van der Waals surface area contributed by atoms with Gasteiger partial charge in [0.15, 0.2) is 5.01 Å². The lowest BCUT2D eigenvalue weighted by atomic mass is 10.1. The van der Waals surface area contributed by atoms with E-state index in [1.54, 1.807) is 12.1 Å². The number of amides is 1. The van der Waals surface area contributed by atoms with Crippen LogP contribution in [0.1, 0.15) is 41.6 Å². The minimum atomic E-state index is -3.57. The third kappa shape index (κ3) is 4.62. The minimum absolute atomic E-state index is 0.153. The van der Waals surface area contributed by atoms with Crippen molar-refractivity contribution in [3.63, 3.8) is 0 Å². The Labute approximate surface area is 189 Å². The van der Waals surface area contributed by atoms with Crippen molar-refractivity contribution < 1.29 is 18.0 Å². The van der Waals surface area contributed by atoms with Crippen molar-refractivity contribution in [1.29, 1.82) is 0 Å². The zero-order valence-corrected chi connectivity index (χ0v) is 19.1. The van der Waals surface area contributed by atoms with Crippen molar-refractivity contribution in [3.8, 4) is 5.69 Å². The highest BCUT2D eigenvalue weighted by molar-refractivity contribution is 7.89. The molecule has 1 aliphatic rings. The predicted molar refractivity (Wildman–Crippen MR) is 120 cm³/mol. The van der Waals surface area contributed by atoms with Gasteiger partial charge in [-0.25, -0.2) is 13.1 Å². The molecule has 0 saturated carbocycles. The lowest BCUT2D eigenvalue weighted by Gasteiger charge is -2.25. The minimum Gasteiger partial charge on any atom is -0.286 e. The first-order valence-electron chi connectivity index (χ1n) is 10.2. The largest absolute Gasteiger partial charge is 0.286 e. The van der Waals surface area contributed by atoms with Gasteiger partial charge < -0.3 is 0 Å². The molecule has 1 aromatic heterocycles. The van der Waals surface area contributed by atoms with E-state index in [4.69, 9.17) is 0 Å². The number of carbonyl (C=O) groups is 2. The molecule has 32 heavy (non-hydrogen) atoms. The summed E-state index contributed by atoms with van der Waals surface area (Å²) in [7, 11) is -3.57. The Bertz CT molecular complexity index is 1300. The van der Waals surface area contributed by atoms with Gasteiger partial charge in [0.25, 0.3) is 0 Å². The van der Waals surface area contributed by atoms with Crippen LogP contribution in [0.2, 0.25) is 0 Å². The molecule has 1 amide bonds. The van der Waals surface area contributed by atoms with Crippen molar-refractivity contribution in [2.24, 2.45) is 4.99 Å². The van der Waals surface area contributed by atoms with Gasteiger partial charge in [-0.15, -0.1) is 0 Å². The number of hydrogen-bond donors (Lipinski definition) is 0. The van der Waals surface area contributed by atoms with E-state index in [0.717, 1.165) is 30.6 Å². The van der Waals surface area contributed by atoms with Gasteiger partial charge in [-0.1, -0.05) is 36.0 Å². The van der Waals surface area contributed by atoms with E-state index in [1.807, 2.05) is 18.2 Å². The highest BCUT2D eigenvalue weighted by Gasteiger charge is 2.26. The molecule has 0 aliphatic carbocycles. The number of para-hydroxylation sites is 1. The van der Waals surface area contributed by atoms with Crippen molar-refractivity contribution in [3.05, 3.63) is 70.0 Å². The van der Waals surface area contributed by atoms with Gasteiger partial charge in [0.05, 0.1) is 10.6 Å². The Kier molecular flexibility index (Phi) is 6.45. The second kappa shape index (κ2) is 9.27. The van der Waals surface area contributed by atoms with Gasteiger partial charge >= 0.3 is 0 Å².